The summed E-state index contributed by atoms with van der Waals surface area (Å²) in [6, 6.07) is 6.21. The summed E-state index contributed by atoms with van der Waals surface area (Å²) in [6.45, 7) is 1.42. The number of anilines is 1. The first-order valence-electron chi connectivity index (χ1n) is 6.93. The zero-order chi connectivity index (χ0) is 16.1. The summed E-state index contributed by atoms with van der Waals surface area (Å²) in [7, 11) is 0. The Morgan fingerprint density at radius 1 is 1.23 bits per heavy atom. The fourth-order valence-electron chi connectivity index (χ4n) is 2.17. The maximum Gasteiger partial charge on any atom is 0.249 e. The molecule has 116 valence electrons. The molecule has 0 unspecified atom stereocenters. The van der Waals surface area contributed by atoms with Crippen LogP contribution in [0.3, 0.4) is 0 Å². The summed E-state index contributed by atoms with van der Waals surface area (Å²) in [5.41, 5.74) is 1.42. The molecule has 1 saturated heterocycles. The first kappa shape index (κ1) is 15.7. The largest absolute Gasteiger partial charge is 0.344 e. The molecule has 1 heterocycles. The molecule has 4 amide bonds. The van der Waals surface area contributed by atoms with Gasteiger partial charge in [-0.3, -0.25) is 24.5 Å². The van der Waals surface area contributed by atoms with E-state index in [-0.39, 0.29) is 30.6 Å². The van der Waals surface area contributed by atoms with E-state index >= 15 is 0 Å². The van der Waals surface area contributed by atoms with E-state index in [9.17, 15) is 19.2 Å². The van der Waals surface area contributed by atoms with Crippen LogP contribution in [-0.4, -0.2) is 29.7 Å². The number of benzene rings is 1. The highest BCUT2D eigenvalue weighted by molar-refractivity contribution is 6.01. The van der Waals surface area contributed by atoms with Crippen molar-refractivity contribution in [3.63, 3.8) is 0 Å². The maximum absolute atomic E-state index is 11.9. The molecule has 22 heavy (non-hydrogen) atoms. The van der Waals surface area contributed by atoms with Crippen molar-refractivity contribution in [2.45, 2.75) is 32.2 Å². The van der Waals surface area contributed by atoms with Gasteiger partial charge in [0.1, 0.15) is 6.04 Å². The van der Waals surface area contributed by atoms with Gasteiger partial charge in [0.25, 0.3) is 0 Å². The fourth-order valence-corrected chi connectivity index (χ4v) is 2.17. The van der Waals surface area contributed by atoms with Gasteiger partial charge < -0.3 is 10.6 Å². The average Bonchev–Trinajstić information content (AvgIpc) is 2.43. The summed E-state index contributed by atoms with van der Waals surface area (Å²) in [4.78, 5) is 45.4. The van der Waals surface area contributed by atoms with Crippen molar-refractivity contribution in [2.75, 3.05) is 5.32 Å². The van der Waals surface area contributed by atoms with Crippen LogP contribution in [0.2, 0.25) is 0 Å². The Hall–Kier alpha value is -2.70. The Labute approximate surface area is 127 Å². The number of hydrogen-bond acceptors (Lipinski definition) is 4. The summed E-state index contributed by atoms with van der Waals surface area (Å²) in [6.07, 6.45) is 0.665. The smallest absolute Gasteiger partial charge is 0.249 e. The number of imide groups is 1. The van der Waals surface area contributed by atoms with Crippen LogP contribution in [0.25, 0.3) is 0 Å². The third-order valence-corrected chi connectivity index (χ3v) is 3.21. The Morgan fingerprint density at radius 3 is 2.50 bits per heavy atom. The summed E-state index contributed by atoms with van der Waals surface area (Å²) in [5, 5.41) is 7.44. The van der Waals surface area contributed by atoms with Gasteiger partial charge in [0, 0.05) is 19.0 Å². The summed E-state index contributed by atoms with van der Waals surface area (Å²) < 4.78 is 0. The molecule has 0 spiro atoms. The molecule has 0 radical (unpaired) electrons. The zero-order valence-corrected chi connectivity index (χ0v) is 12.1. The van der Waals surface area contributed by atoms with E-state index in [4.69, 9.17) is 0 Å². The number of amides is 4. The Balaban J connectivity index is 1.87. The monoisotopic (exact) mass is 303 g/mol. The van der Waals surface area contributed by atoms with Gasteiger partial charge >= 0.3 is 0 Å². The first-order valence-corrected chi connectivity index (χ1v) is 6.93. The van der Waals surface area contributed by atoms with Crippen LogP contribution in [0.4, 0.5) is 5.69 Å². The minimum absolute atomic E-state index is 0.123. The second-order valence-corrected chi connectivity index (χ2v) is 5.13. The Bertz CT molecular complexity index is 610. The predicted octanol–water partition coefficient (Wildman–Crippen LogP) is 0.109. The highest BCUT2D eigenvalue weighted by atomic mass is 16.2. The lowest BCUT2D eigenvalue weighted by atomic mass is 10.1. The van der Waals surface area contributed by atoms with Crippen molar-refractivity contribution in [1.29, 1.82) is 0 Å². The second kappa shape index (κ2) is 6.84. The molecule has 2 rings (SSSR count). The molecule has 7 nitrogen and oxygen atoms in total. The van der Waals surface area contributed by atoms with E-state index in [2.05, 4.69) is 16.0 Å². The number of carbonyl (C=O) groups is 4. The van der Waals surface area contributed by atoms with Crippen LogP contribution in [0.1, 0.15) is 25.3 Å². The number of piperidine rings is 1. The molecule has 1 aromatic carbocycles. The van der Waals surface area contributed by atoms with Crippen LogP contribution in [0.5, 0.6) is 0 Å². The highest BCUT2D eigenvalue weighted by Crippen LogP contribution is 2.10. The van der Waals surface area contributed by atoms with Gasteiger partial charge in [-0.25, -0.2) is 0 Å². The van der Waals surface area contributed by atoms with Crippen molar-refractivity contribution in [3.8, 4) is 0 Å². The van der Waals surface area contributed by atoms with Gasteiger partial charge in [0.05, 0.1) is 6.42 Å². The third kappa shape index (κ3) is 4.41. The van der Waals surface area contributed by atoms with E-state index in [1.165, 1.54) is 6.92 Å². The second-order valence-electron chi connectivity index (χ2n) is 5.13. The van der Waals surface area contributed by atoms with Gasteiger partial charge in [-0.2, -0.15) is 0 Å². The zero-order valence-electron chi connectivity index (χ0n) is 12.1. The molecule has 1 aliphatic rings. The molecule has 0 aromatic heterocycles. The van der Waals surface area contributed by atoms with Crippen LogP contribution >= 0.6 is 0 Å². The first-order chi connectivity index (χ1) is 10.4. The minimum atomic E-state index is -0.663. The van der Waals surface area contributed by atoms with Gasteiger partial charge in [0.2, 0.25) is 23.6 Å². The molecule has 1 fully saturated rings. The molecule has 3 N–H and O–H groups in total. The van der Waals surface area contributed by atoms with Crippen LogP contribution in [-0.2, 0) is 25.6 Å². The third-order valence-electron chi connectivity index (χ3n) is 3.21. The molecule has 0 aliphatic carbocycles. The van der Waals surface area contributed by atoms with Crippen molar-refractivity contribution in [1.82, 2.24) is 10.6 Å². The van der Waals surface area contributed by atoms with Crippen molar-refractivity contribution in [3.05, 3.63) is 29.8 Å². The minimum Gasteiger partial charge on any atom is -0.344 e. The molecule has 0 saturated carbocycles. The normalized spacial score (nSPS) is 17.6. The topological polar surface area (TPSA) is 104 Å². The lowest BCUT2D eigenvalue weighted by Crippen LogP contribution is -2.52. The molecular formula is C15H17N3O4. The maximum atomic E-state index is 11.9. The fraction of sp³-hybridized carbons (Fsp3) is 0.333. The van der Waals surface area contributed by atoms with Crippen LogP contribution in [0, 0.1) is 0 Å². The van der Waals surface area contributed by atoms with E-state index in [0.717, 1.165) is 5.56 Å². The molecule has 1 atom stereocenters. The molecule has 1 aromatic rings. The van der Waals surface area contributed by atoms with E-state index in [1.807, 2.05) is 0 Å². The lowest BCUT2D eigenvalue weighted by Gasteiger charge is -2.21. The quantitative estimate of drug-likeness (QED) is 0.687. The Kier molecular flexibility index (Phi) is 4.88. The van der Waals surface area contributed by atoms with Gasteiger partial charge in [-0.05, 0) is 24.1 Å². The standard InChI is InChI=1S/C15H17N3O4/c1-9(19)16-11-4-2-10(3-5-11)8-14(21)17-12-6-7-13(20)18-15(12)22/h2-5,12H,6-8H2,1H3,(H,16,19)(H,17,21)(H,18,20,22)/t12-/m0/s1. The number of rotatable bonds is 4. The molecule has 0 bridgehead atoms. The average molecular weight is 303 g/mol. The number of hydrogen-bond donors (Lipinski definition) is 3. The van der Waals surface area contributed by atoms with Crippen molar-refractivity contribution >= 4 is 29.3 Å². The van der Waals surface area contributed by atoms with Gasteiger partial charge in [0.15, 0.2) is 0 Å². The SMILES string of the molecule is CC(=O)Nc1ccc(CC(=O)N[C@H]2CCC(=O)NC2=O)cc1. The van der Waals surface area contributed by atoms with Crippen molar-refractivity contribution in [2.24, 2.45) is 0 Å². The summed E-state index contributed by atoms with van der Waals surface area (Å²) in [5.74, 6) is -1.24. The van der Waals surface area contributed by atoms with E-state index in [1.54, 1.807) is 24.3 Å². The predicted molar refractivity (Wildman–Crippen MR) is 78.8 cm³/mol. The van der Waals surface area contributed by atoms with E-state index < -0.39 is 11.9 Å². The van der Waals surface area contributed by atoms with Crippen LogP contribution in [0.15, 0.2) is 24.3 Å². The number of nitrogens with one attached hydrogen (secondary N) is 3. The van der Waals surface area contributed by atoms with E-state index in [0.29, 0.717) is 12.1 Å². The molecule has 7 heteroatoms. The number of carbonyl (C=O) groups excluding carboxylic acids is 4. The molecule has 1 aliphatic heterocycles. The highest BCUT2D eigenvalue weighted by Gasteiger charge is 2.27. The summed E-state index contributed by atoms with van der Waals surface area (Å²) >= 11 is 0. The Morgan fingerprint density at radius 2 is 1.91 bits per heavy atom. The van der Waals surface area contributed by atoms with Crippen LogP contribution < -0.4 is 16.0 Å². The van der Waals surface area contributed by atoms with Gasteiger partial charge in [-0.1, -0.05) is 12.1 Å². The van der Waals surface area contributed by atoms with Crippen molar-refractivity contribution < 1.29 is 19.2 Å². The molecular weight excluding hydrogens is 286 g/mol. The lowest BCUT2D eigenvalue weighted by molar-refractivity contribution is -0.137. The van der Waals surface area contributed by atoms with Gasteiger partial charge in [-0.15, -0.1) is 0 Å².